The highest BCUT2D eigenvalue weighted by Gasteiger charge is 2.22. The average molecular weight is 551 g/mol. The van der Waals surface area contributed by atoms with Crippen LogP contribution in [0.3, 0.4) is 0 Å². The number of halogens is 1. The van der Waals surface area contributed by atoms with Crippen LogP contribution in [0, 0.1) is 20.8 Å². The van der Waals surface area contributed by atoms with Gasteiger partial charge in [-0.2, -0.15) is 0 Å². The molecule has 1 aromatic carbocycles. The Morgan fingerprint density at radius 1 is 1.14 bits per heavy atom. The number of ether oxygens (including phenoxy) is 1. The number of carbonyl (C=O) groups is 1. The maximum absolute atomic E-state index is 13.3. The fourth-order valence-corrected chi connectivity index (χ4v) is 4.96. The van der Waals surface area contributed by atoms with Crippen molar-refractivity contribution in [1.29, 1.82) is 0 Å². The van der Waals surface area contributed by atoms with E-state index in [1.165, 1.54) is 0 Å². The zero-order valence-electron chi connectivity index (χ0n) is 21.4. The summed E-state index contributed by atoms with van der Waals surface area (Å²) in [6, 6.07) is 13.6. The Kier molecular flexibility index (Phi) is 7.26. The molecule has 1 unspecified atom stereocenters. The number of fused-ring (bicyclic) bond motifs is 1. The van der Waals surface area contributed by atoms with Crippen molar-refractivity contribution in [2.24, 2.45) is 0 Å². The molecule has 3 aromatic heterocycles. The van der Waals surface area contributed by atoms with Crippen molar-refractivity contribution in [2.45, 2.75) is 40.3 Å². The molecule has 4 rings (SSSR count). The number of nitrogens with zero attached hydrogens (tertiary/aromatic N) is 2. The molecule has 0 aliphatic carbocycles. The molecule has 36 heavy (non-hydrogen) atoms. The molecule has 0 bridgehead atoms. The van der Waals surface area contributed by atoms with Gasteiger partial charge in [-0.3, -0.25) is 9.59 Å². The molecule has 1 atom stereocenters. The van der Waals surface area contributed by atoms with Gasteiger partial charge in [0, 0.05) is 59.3 Å². The van der Waals surface area contributed by atoms with Gasteiger partial charge >= 0.3 is 0 Å². The van der Waals surface area contributed by atoms with E-state index in [1.807, 2.05) is 99.8 Å². The Bertz CT molecular complexity index is 1490. The minimum Gasteiger partial charge on any atom is -0.484 e. The molecule has 3 heterocycles. The Hall–Kier alpha value is -3.52. The van der Waals surface area contributed by atoms with Crippen molar-refractivity contribution in [1.82, 2.24) is 14.7 Å². The Morgan fingerprint density at radius 2 is 1.83 bits per heavy atom. The minimum atomic E-state index is -0.327. The van der Waals surface area contributed by atoms with Crippen molar-refractivity contribution < 1.29 is 9.53 Å². The molecule has 0 aliphatic rings. The summed E-state index contributed by atoms with van der Waals surface area (Å²) in [7, 11) is 3.99. The van der Waals surface area contributed by atoms with Crippen LogP contribution in [0.1, 0.15) is 51.5 Å². The third-order valence-corrected chi connectivity index (χ3v) is 6.81. The number of carbonyl (C=O) groups excluding carboxylic acids is 1. The zero-order chi connectivity index (χ0) is 26.1. The standard InChI is InChI=1S/C28H31BrN4O3/c1-16-11-17(2)31-28(35)25(16)14-30-27(34)24-13-22-12-20(29)15-33(22)26(18(24)3)19(4)36-23-9-7-21(8-10-23)32(5)6/h7-13,15,19H,14H2,1-6H3,(H,30,34)(H,31,35). The van der Waals surface area contributed by atoms with E-state index in [0.29, 0.717) is 11.1 Å². The van der Waals surface area contributed by atoms with Crippen molar-refractivity contribution in [3.63, 3.8) is 0 Å². The SMILES string of the molecule is Cc1cc(C)c(CNC(=O)c2cc3cc(Br)cn3c(C(C)Oc3ccc(N(C)C)cc3)c2C)c(=O)[nH]1. The molecule has 0 aliphatic heterocycles. The minimum absolute atomic E-state index is 0.148. The molecule has 0 fully saturated rings. The number of rotatable bonds is 7. The smallest absolute Gasteiger partial charge is 0.253 e. The van der Waals surface area contributed by atoms with Gasteiger partial charge in [0.2, 0.25) is 0 Å². The van der Waals surface area contributed by atoms with E-state index < -0.39 is 0 Å². The van der Waals surface area contributed by atoms with Crippen LogP contribution in [0.15, 0.2) is 57.9 Å². The molecule has 0 saturated heterocycles. The molecule has 4 aromatic rings. The quantitative estimate of drug-likeness (QED) is 0.320. The van der Waals surface area contributed by atoms with Gasteiger partial charge in [0.15, 0.2) is 0 Å². The number of anilines is 1. The maximum atomic E-state index is 13.3. The molecular formula is C28H31BrN4O3. The fourth-order valence-electron chi connectivity index (χ4n) is 4.53. The molecular weight excluding hydrogens is 520 g/mol. The number of pyridine rings is 2. The summed E-state index contributed by atoms with van der Waals surface area (Å²) in [6.45, 7) is 7.77. The van der Waals surface area contributed by atoms with Crippen LogP contribution >= 0.6 is 15.9 Å². The van der Waals surface area contributed by atoms with Gasteiger partial charge in [-0.05, 0) is 97.2 Å². The first-order chi connectivity index (χ1) is 17.0. The number of benzene rings is 1. The summed E-state index contributed by atoms with van der Waals surface area (Å²) in [5.74, 6) is 0.506. The van der Waals surface area contributed by atoms with E-state index in [2.05, 4.69) is 26.2 Å². The predicted molar refractivity (Wildman–Crippen MR) is 147 cm³/mol. The lowest BCUT2D eigenvalue weighted by Crippen LogP contribution is -2.29. The Labute approximate surface area is 219 Å². The lowest BCUT2D eigenvalue weighted by atomic mass is 10.0. The first-order valence-electron chi connectivity index (χ1n) is 11.8. The van der Waals surface area contributed by atoms with E-state index in [-0.39, 0.29) is 24.1 Å². The zero-order valence-corrected chi connectivity index (χ0v) is 23.0. The molecule has 0 radical (unpaired) electrons. The number of H-pyrrole nitrogens is 1. The van der Waals surface area contributed by atoms with Gasteiger partial charge in [-0.15, -0.1) is 0 Å². The molecule has 2 N–H and O–H groups in total. The Balaban J connectivity index is 1.66. The molecule has 7 nitrogen and oxygen atoms in total. The second-order valence-electron chi connectivity index (χ2n) is 9.30. The molecule has 1 amide bonds. The number of nitrogens with one attached hydrogen (secondary N) is 2. The first kappa shape index (κ1) is 25.6. The molecule has 0 saturated carbocycles. The van der Waals surface area contributed by atoms with E-state index in [9.17, 15) is 9.59 Å². The first-order valence-corrected chi connectivity index (χ1v) is 12.6. The number of amides is 1. The van der Waals surface area contributed by atoms with Crippen LogP contribution < -0.4 is 20.5 Å². The number of hydrogen-bond donors (Lipinski definition) is 2. The highest BCUT2D eigenvalue weighted by molar-refractivity contribution is 9.10. The fraction of sp³-hybridized carbons (Fsp3) is 0.286. The highest BCUT2D eigenvalue weighted by atomic mass is 79.9. The molecule has 188 valence electrons. The second kappa shape index (κ2) is 10.2. The van der Waals surface area contributed by atoms with Gasteiger partial charge in [0.05, 0.1) is 5.69 Å². The normalized spacial score (nSPS) is 12.0. The lowest BCUT2D eigenvalue weighted by molar-refractivity contribution is 0.0949. The van der Waals surface area contributed by atoms with Crippen LogP contribution in [0.4, 0.5) is 5.69 Å². The van der Waals surface area contributed by atoms with Crippen molar-refractivity contribution in [2.75, 3.05) is 19.0 Å². The van der Waals surface area contributed by atoms with Gasteiger partial charge in [0.1, 0.15) is 11.9 Å². The summed E-state index contributed by atoms with van der Waals surface area (Å²) in [5.41, 5.74) is 6.21. The van der Waals surface area contributed by atoms with Crippen LogP contribution in [-0.2, 0) is 6.54 Å². The summed E-state index contributed by atoms with van der Waals surface area (Å²) in [5, 5.41) is 2.94. The summed E-state index contributed by atoms with van der Waals surface area (Å²) < 4.78 is 9.26. The van der Waals surface area contributed by atoms with Crippen molar-refractivity contribution in [3.8, 4) is 5.75 Å². The molecule has 8 heteroatoms. The molecule has 0 spiro atoms. The second-order valence-corrected chi connectivity index (χ2v) is 10.2. The largest absolute Gasteiger partial charge is 0.484 e. The van der Waals surface area contributed by atoms with Gasteiger partial charge < -0.3 is 24.3 Å². The van der Waals surface area contributed by atoms with E-state index in [1.54, 1.807) is 0 Å². The number of aromatic nitrogens is 2. The average Bonchev–Trinajstić information content (AvgIpc) is 3.17. The van der Waals surface area contributed by atoms with Gasteiger partial charge in [-0.25, -0.2) is 0 Å². The summed E-state index contributed by atoms with van der Waals surface area (Å²) >= 11 is 3.56. The maximum Gasteiger partial charge on any atom is 0.253 e. The monoisotopic (exact) mass is 550 g/mol. The third kappa shape index (κ3) is 5.18. The topological polar surface area (TPSA) is 78.8 Å². The van der Waals surface area contributed by atoms with E-state index in [4.69, 9.17) is 4.74 Å². The van der Waals surface area contributed by atoms with Crippen LogP contribution in [-0.4, -0.2) is 29.4 Å². The van der Waals surface area contributed by atoms with Crippen molar-refractivity contribution >= 4 is 33.0 Å². The van der Waals surface area contributed by atoms with Gasteiger partial charge in [0.25, 0.3) is 11.5 Å². The van der Waals surface area contributed by atoms with Crippen LogP contribution in [0.2, 0.25) is 0 Å². The van der Waals surface area contributed by atoms with Crippen LogP contribution in [0.5, 0.6) is 5.75 Å². The van der Waals surface area contributed by atoms with E-state index >= 15 is 0 Å². The van der Waals surface area contributed by atoms with Crippen molar-refractivity contribution in [3.05, 3.63) is 97.1 Å². The van der Waals surface area contributed by atoms with Gasteiger partial charge in [-0.1, -0.05) is 0 Å². The predicted octanol–water partition coefficient (Wildman–Crippen LogP) is 5.45. The summed E-state index contributed by atoms with van der Waals surface area (Å²) in [4.78, 5) is 30.6. The third-order valence-electron chi connectivity index (χ3n) is 6.37. The summed E-state index contributed by atoms with van der Waals surface area (Å²) in [6.07, 6.45) is 1.65. The highest BCUT2D eigenvalue weighted by Crippen LogP contribution is 2.30. The number of aryl methyl sites for hydroxylation is 2. The number of aromatic amines is 1. The number of hydrogen-bond acceptors (Lipinski definition) is 4. The van der Waals surface area contributed by atoms with Crippen LogP contribution in [0.25, 0.3) is 5.52 Å². The Morgan fingerprint density at radius 3 is 2.47 bits per heavy atom. The van der Waals surface area contributed by atoms with E-state index in [0.717, 1.165) is 43.9 Å². The lowest BCUT2D eigenvalue weighted by Gasteiger charge is -2.22.